The van der Waals surface area contributed by atoms with Crippen LogP contribution in [0.3, 0.4) is 0 Å². The number of carbonyl (C=O) groups excluding carboxylic acids is 1. The van der Waals surface area contributed by atoms with Gasteiger partial charge in [-0.15, -0.1) is 11.3 Å². The van der Waals surface area contributed by atoms with E-state index in [2.05, 4.69) is 0 Å². The number of nitrogens with zero attached hydrogens (tertiary/aromatic N) is 1. The van der Waals surface area contributed by atoms with E-state index in [0.717, 1.165) is 16.2 Å². The second-order valence-corrected chi connectivity index (χ2v) is 6.33. The van der Waals surface area contributed by atoms with Crippen molar-refractivity contribution < 1.29 is 14.3 Å². The normalized spacial score (nSPS) is 21.6. The number of amides is 1. The predicted octanol–water partition coefficient (Wildman–Crippen LogP) is 3.36. The van der Waals surface area contributed by atoms with Crippen molar-refractivity contribution in [2.45, 2.75) is 19.1 Å². The van der Waals surface area contributed by atoms with Gasteiger partial charge in [-0.2, -0.15) is 0 Å². The third-order valence-electron chi connectivity index (χ3n) is 3.91. The summed E-state index contributed by atoms with van der Waals surface area (Å²) in [6.07, 6.45) is -0.0916. The molecule has 1 aliphatic rings. The Hall–Kier alpha value is -1.85. The number of rotatable bonds is 3. The second-order valence-electron chi connectivity index (χ2n) is 5.38. The number of hydrogen-bond acceptors (Lipinski definition) is 4. The van der Waals surface area contributed by atoms with Gasteiger partial charge in [0.1, 0.15) is 11.9 Å². The van der Waals surface area contributed by atoms with Crippen molar-refractivity contribution in [2.75, 3.05) is 20.3 Å². The highest BCUT2D eigenvalue weighted by Crippen LogP contribution is 2.28. The van der Waals surface area contributed by atoms with Gasteiger partial charge in [0.05, 0.1) is 31.2 Å². The largest absolute Gasteiger partial charge is 0.497 e. The average Bonchev–Trinajstić information content (AvgIpc) is 3.09. The number of morpholine rings is 1. The molecule has 22 heavy (non-hydrogen) atoms. The first-order chi connectivity index (χ1) is 10.7. The van der Waals surface area contributed by atoms with Crippen molar-refractivity contribution in [1.82, 2.24) is 4.90 Å². The highest BCUT2D eigenvalue weighted by molar-refractivity contribution is 7.12. The van der Waals surface area contributed by atoms with E-state index in [-0.39, 0.29) is 18.1 Å². The maximum absolute atomic E-state index is 12.6. The van der Waals surface area contributed by atoms with Crippen molar-refractivity contribution in [2.24, 2.45) is 0 Å². The molecular weight excluding hydrogens is 298 g/mol. The molecule has 0 spiro atoms. The van der Waals surface area contributed by atoms with E-state index < -0.39 is 0 Å². The topological polar surface area (TPSA) is 38.8 Å². The molecule has 1 saturated heterocycles. The zero-order valence-corrected chi connectivity index (χ0v) is 13.5. The summed E-state index contributed by atoms with van der Waals surface area (Å²) in [6, 6.07) is 11.7. The van der Waals surface area contributed by atoms with Gasteiger partial charge >= 0.3 is 0 Å². The van der Waals surface area contributed by atoms with Crippen LogP contribution >= 0.6 is 11.3 Å². The monoisotopic (exact) mass is 317 g/mol. The molecule has 5 heteroatoms. The molecule has 2 unspecified atom stereocenters. The molecule has 4 nitrogen and oxygen atoms in total. The molecule has 2 atom stereocenters. The van der Waals surface area contributed by atoms with Gasteiger partial charge in [0.25, 0.3) is 5.91 Å². The molecule has 1 amide bonds. The summed E-state index contributed by atoms with van der Waals surface area (Å²) in [6.45, 7) is 3.15. The van der Waals surface area contributed by atoms with Crippen molar-refractivity contribution >= 4 is 17.2 Å². The van der Waals surface area contributed by atoms with E-state index in [9.17, 15) is 4.79 Å². The molecule has 3 rings (SSSR count). The standard InChI is InChI=1S/C17H19NO3S/c1-12-11-21-15(13-5-7-14(20-2)8-6-13)10-18(12)17(19)16-4-3-9-22-16/h3-9,12,15H,10-11H2,1-2H3. The van der Waals surface area contributed by atoms with E-state index in [4.69, 9.17) is 9.47 Å². The van der Waals surface area contributed by atoms with Crippen LogP contribution in [0.1, 0.15) is 28.3 Å². The fourth-order valence-electron chi connectivity index (χ4n) is 2.60. The number of ether oxygens (including phenoxy) is 2. The molecule has 1 aromatic carbocycles. The smallest absolute Gasteiger partial charge is 0.264 e. The van der Waals surface area contributed by atoms with Gasteiger partial charge in [-0.3, -0.25) is 4.79 Å². The minimum atomic E-state index is -0.0916. The number of methoxy groups -OCH3 is 1. The van der Waals surface area contributed by atoms with E-state index in [0.29, 0.717) is 13.2 Å². The van der Waals surface area contributed by atoms with E-state index in [1.54, 1.807) is 7.11 Å². The maximum Gasteiger partial charge on any atom is 0.264 e. The van der Waals surface area contributed by atoms with Crippen LogP contribution in [0.4, 0.5) is 0 Å². The second kappa shape index (κ2) is 6.50. The molecule has 116 valence electrons. The van der Waals surface area contributed by atoms with Crippen LogP contribution in [-0.2, 0) is 4.74 Å². The van der Waals surface area contributed by atoms with Crippen molar-refractivity contribution in [3.05, 3.63) is 52.2 Å². The fourth-order valence-corrected chi connectivity index (χ4v) is 3.28. The summed E-state index contributed by atoms with van der Waals surface area (Å²) < 4.78 is 11.1. The Bertz CT molecular complexity index is 624. The summed E-state index contributed by atoms with van der Waals surface area (Å²) in [5.41, 5.74) is 1.07. The number of thiophene rings is 1. The van der Waals surface area contributed by atoms with Crippen molar-refractivity contribution in [3.63, 3.8) is 0 Å². The van der Waals surface area contributed by atoms with Crippen LogP contribution in [0.5, 0.6) is 5.75 Å². The number of benzene rings is 1. The number of hydrogen-bond donors (Lipinski definition) is 0. The summed E-state index contributed by atoms with van der Waals surface area (Å²) in [7, 11) is 1.65. The third-order valence-corrected chi connectivity index (χ3v) is 4.77. The highest BCUT2D eigenvalue weighted by atomic mass is 32.1. The first-order valence-corrected chi connectivity index (χ1v) is 8.17. The molecule has 0 bridgehead atoms. The molecule has 2 heterocycles. The summed E-state index contributed by atoms with van der Waals surface area (Å²) in [5.74, 6) is 0.906. The Morgan fingerprint density at radius 1 is 1.32 bits per heavy atom. The number of carbonyl (C=O) groups is 1. The first kappa shape index (κ1) is 15.1. The average molecular weight is 317 g/mol. The fraction of sp³-hybridized carbons (Fsp3) is 0.353. The minimum Gasteiger partial charge on any atom is -0.497 e. The van der Waals surface area contributed by atoms with Gasteiger partial charge in [0, 0.05) is 0 Å². The van der Waals surface area contributed by atoms with Gasteiger partial charge < -0.3 is 14.4 Å². The maximum atomic E-state index is 12.6. The molecular formula is C17H19NO3S. The summed E-state index contributed by atoms with van der Waals surface area (Å²) in [4.78, 5) is 15.3. The predicted molar refractivity (Wildman–Crippen MR) is 86.5 cm³/mol. The lowest BCUT2D eigenvalue weighted by atomic mass is 10.1. The van der Waals surface area contributed by atoms with Crippen LogP contribution in [0.2, 0.25) is 0 Å². The van der Waals surface area contributed by atoms with Gasteiger partial charge in [-0.05, 0) is 36.1 Å². The van der Waals surface area contributed by atoms with Gasteiger partial charge in [0.15, 0.2) is 0 Å². The molecule has 1 aliphatic heterocycles. The Morgan fingerprint density at radius 2 is 2.09 bits per heavy atom. The Morgan fingerprint density at radius 3 is 2.73 bits per heavy atom. The third kappa shape index (κ3) is 3.00. The van der Waals surface area contributed by atoms with Crippen molar-refractivity contribution in [3.8, 4) is 5.75 Å². The van der Waals surface area contributed by atoms with Crippen LogP contribution in [0.15, 0.2) is 41.8 Å². The zero-order valence-electron chi connectivity index (χ0n) is 12.7. The molecule has 0 N–H and O–H groups in total. The Balaban J connectivity index is 1.76. The SMILES string of the molecule is COc1ccc(C2CN(C(=O)c3cccs3)C(C)CO2)cc1. The Kier molecular flexibility index (Phi) is 4.45. The van der Waals surface area contributed by atoms with Crippen LogP contribution in [0, 0.1) is 0 Å². The van der Waals surface area contributed by atoms with Crippen LogP contribution in [-0.4, -0.2) is 37.1 Å². The molecule has 1 fully saturated rings. The highest BCUT2D eigenvalue weighted by Gasteiger charge is 2.31. The molecule has 0 saturated carbocycles. The summed E-state index contributed by atoms with van der Waals surface area (Å²) >= 11 is 1.48. The quantitative estimate of drug-likeness (QED) is 0.871. The van der Waals surface area contributed by atoms with Crippen molar-refractivity contribution in [1.29, 1.82) is 0 Å². The molecule has 0 radical (unpaired) electrons. The lowest BCUT2D eigenvalue weighted by Crippen LogP contribution is -2.48. The first-order valence-electron chi connectivity index (χ1n) is 7.29. The molecule has 0 aliphatic carbocycles. The molecule has 2 aromatic rings. The van der Waals surface area contributed by atoms with Gasteiger partial charge in [-0.1, -0.05) is 18.2 Å². The zero-order chi connectivity index (χ0) is 15.5. The summed E-state index contributed by atoms with van der Waals surface area (Å²) in [5, 5.41) is 1.93. The lowest BCUT2D eigenvalue weighted by Gasteiger charge is -2.38. The van der Waals surface area contributed by atoms with Gasteiger partial charge in [0.2, 0.25) is 0 Å². The Labute approximate surface area is 134 Å². The molecule has 1 aromatic heterocycles. The van der Waals surface area contributed by atoms with E-state index in [1.807, 2.05) is 53.6 Å². The minimum absolute atomic E-state index is 0.0871. The van der Waals surface area contributed by atoms with E-state index >= 15 is 0 Å². The van der Waals surface area contributed by atoms with Crippen LogP contribution < -0.4 is 4.74 Å². The lowest BCUT2D eigenvalue weighted by molar-refractivity contribution is -0.0485. The van der Waals surface area contributed by atoms with E-state index in [1.165, 1.54) is 11.3 Å². The van der Waals surface area contributed by atoms with Gasteiger partial charge in [-0.25, -0.2) is 0 Å². The van der Waals surface area contributed by atoms with Crippen LogP contribution in [0.25, 0.3) is 0 Å².